The van der Waals surface area contributed by atoms with Crippen LogP contribution in [0, 0.1) is 0 Å². The van der Waals surface area contributed by atoms with Crippen molar-refractivity contribution in [1.82, 2.24) is 0 Å². The van der Waals surface area contributed by atoms with Crippen LogP contribution in [0.25, 0.3) is 0 Å². The van der Waals surface area contributed by atoms with Gasteiger partial charge in [-0.3, -0.25) is 9.59 Å². The molecule has 0 aromatic carbocycles. The molecule has 0 bridgehead atoms. The van der Waals surface area contributed by atoms with Gasteiger partial charge >= 0.3 is 11.9 Å². The molecule has 0 aliphatic heterocycles. The fraction of sp³-hybridized carbons (Fsp3) is 0.444. The lowest BCUT2D eigenvalue weighted by molar-refractivity contribution is -0.140. The summed E-state index contributed by atoms with van der Waals surface area (Å²) in [5.74, 6) is -1.73. The van der Waals surface area contributed by atoms with Crippen molar-refractivity contribution >= 4 is 17.7 Å². The van der Waals surface area contributed by atoms with Gasteiger partial charge in [0.2, 0.25) is 0 Å². The van der Waals surface area contributed by atoms with Gasteiger partial charge in [-0.2, -0.15) is 0 Å². The number of hydrogen-bond acceptors (Lipinski definition) is 4. The van der Waals surface area contributed by atoms with Crippen LogP contribution in [0.5, 0.6) is 0 Å². The lowest BCUT2D eigenvalue weighted by Gasteiger charge is -1.90. The van der Waals surface area contributed by atoms with Crippen LogP contribution in [0.1, 0.15) is 20.3 Å². The van der Waals surface area contributed by atoms with Gasteiger partial charge in [0.15, 0.2) is 0 Å². The zero-order valence-corrected chi connectivity index (χ0v) is 8.28. The minimum Gasteiger partial charge on any atom is -0.481 e. The maximum absolute atomic E-state index is 10.1. The molecule has 5 nitrogen and oxygen atoms in total. The number of carboxylic acid groups (broad SMARTS) is 1. The van der Waals surface area contributed by atoms with Gasteiger partial charge in [-0.05, 0) is 13.8 Å². The third-order valence-corrected chi connectivity index (χ3v) is 0.853. The first-order valence-corrected chi connectivity index (χ1v) is 3.94. The van der Waals surface area contributed by atoms with E-state index in [-0.39, 0.29) is 18.2 Å². The summed E-state index contributed by atoms with van der Waals surface area (Å²) in [7, 11) is 0. The van der Waals surface area contributed by atoms with Crippen LogP contribution in [-0.2, 0) is 19.1 Å². The maximum Gasteiger partial charge on any atom is 0.330 e. The molecule has 0 aliphatic carbocycles. The predicted octanol–water partition coefficient (Wildman–Crippen LogP) is 0.786. The summed E-state index contributed by atoms with van der Waals surface area (Å²) in [5.41, 5.74) is 0. The number of Topliss-reactive ketones (excluding diaryl/α,β-unsaturated/α-hetero) is 1. The molecule has 80 valence electrons. The summed E-state index contributed by atoms with van der Waals surface area (Å²) >= 11 is 0. The largest absolute Gasteiger partial charge is 0.481 e. The van der Waals surface area contributed by atoms with Crippen LogP contribution in [0.15, 0.2) is 12.7 Å². The number of ketones is 1. The number of aliphatic carboxylic acids is 1. The molecular weight excluding hydrogens is 188 g/mol. The monoisotopic (exact) mass is 202 g/mol. The minimum absolute atomic E-state index is 0.312. The molecule has 1 N–H and O–H groups in total. The molecule has 0 aromatic rings. The molecule has 0 atom stereocenters. The average Bonchev–Trinajstić information content (AvgIpc) is 2.03. The molecule has 5 heteroatoms. The van der Waals surface area contributed by atoms with Gasteiger partial charge in [0.05, 0.1) is 6.61 Å². The third kappa shape index (κ3) is 16.7. The van der Waals surface area contributed by atoms with E-state index in [9.17, 15) is 14.4 Å². The van der Waals surface area contributed by atoms with Crippen LogP contribution in [0.2, 0.25) is 0 Å². The molecule has 14 heavy (non-hydrogen) atoms. The number of rotatable bonds is 4. The Bertz CT molecular complexity index is 207. The van der Waals surface area contributed by atoms with Crippen molar-refractivity contribution in [2.75, 3.05) is 6.61 Å². The summed E-state index contributed by atoms with van der Waals surface area (Å²) < 4.78 is 4.43. The van der Waals surface area contributed by atoms with Crippen molar-refractivity contribution in [3.8, 4) is 0 Å². The Morgan fingerprint density at radius 2 is 1.93 bits per heavy atom. The van der Waals surface area contributed by atoms with Crippen LogP contribution >= 0.6 is 0 Å². The van der Waals surface area contributed by atoms with Gasteiger partial charge in [0.25, 0.3) is 0 Å². The number of esters is 1. The average molecular weight is 202 g/mol. The van der Waals surface area contributed by atoms with Gasteiger partial charge < -0.3 is 9.84 Å². The molecule has 0 aromatic heterocycles. The van der Waals surface area contributed by atoms with E-state index in [2.05, 4.69) is 11.3 Å². The molecule has 0 fully saturated rings. The molecule has 0 spiro atoms. The predicted molar refractivity (Wildman–Crippen MR) is 49.8 cm³/mol. The highest BCUT2D eigenvalue weighted by molar-refractivity contribution is 5.93. The lowest BCUT2D eigenvalue weighted by Crippen LogP contribution is -2.00. The molecule has 0 amide bonds. The van der Waals surface area contributed by atoms with E-state index in [1.807, 2.05) is 0 Å². The van der Waals surface area contributed by atoms with Gasteiger partial charge in [-0.25, -0.2) is 4.79 Å². The van der Waals surface area contributed by atoms with Crippen molar-refractivity contribution < 1.29 is 24.2 Å². The second kappa shape index (κ2) is 9.44. The number of carboxylic acids is 1. The van der Waals surface area contributed by atoms with Crippen molar-refractivity contribution in [3.05, 3.63) is 12.7 Å². The topological polar surface area (TPSA) is 80.7 Å². The number of carbonyl (C=O) groups excluding carboxylic acids is 2. The Kier molecular flexibility index (Phi) is 10.0. The first-order valence-electron chi connectivity index (χ1n) is 3.94. The van der Waals surface area contributed by atoms with E-state index in [1.54, 1.807) is 6.92 Å². The summed E-state index contributed by atoms with van der Waals surface area (Å²) in [6.45, 7) is 6.62. The number of carbonyl (C=O) groups is 3. The molecule has 0 saturated carbocycles. The van der Waals surface area contributed by atoms with E-state index < -0.39 is 5.97 Å². The fourth-order valence-corrected chi connectivity index (χ4v) is 0.414. The molecular formula is C9H14O5. The van der Waals surface area contributed by atoms with Crippen molar-refractivity contribution in [2.24, 2.45) is 0 Å². The molecule has 0 unspecified atom stereocenters. The summed E-state index contributed by atoms with van der Waals surface area (Å²) in [4.78, 5) is 29.5. The van der Waals surface area contributed by atoms with Crippen molar-refractivity contribution in [3.63, 3.8) is 0 Å². The molecule has 0 rings (SSSR count). The normalized spacial score (nSPS) is 7.86. The van der Waals surface area contributed by atoms with Gasteiger partial charge in [0.1, 0.15) is 12.2 Å². The third-order valence-electron chi connectivity index (χ3n) is 0.853. The number of hydrogen-bond donors (Lipinski definition) is 1. The first kappa shape index (κ1) is 14.9. The van der Waals surface area contributed by atoms with Crippen LogP contribution in [0.4, 0.5) is 0 Å². The molecule has 0 saturated heterocycles. The quantitative estimate of drug-likeness (QED) is 0.414. The molecule has 0 heterocycles. The summed E-state index contributed by atoms with van der Waals surface area (Å²) in [6.07, 6.45) is 0.781. The van der Waals surface area contributed by atoms with Crippen LogP contribution < -0.4 is 0 Å². The Hall–Kier alpha value is -1.65. The van der Waals surface area contributed by atoms with E-state index >= 15 is 0 Å². The second-order valence-electron chi connectivity index (χ2n) is 2.23. The highest BCUT2D eigenvalue weighted by atomic mass is 16.5. The van der Waals surface area contributed by atoms with E-state index in [1.165, 1.54) is 6.92 Å². The Labute approximate surface area is 82.4 Å². The fourth-order valence-electron chi connectivity index (χ4n) is 0.414. The Balaban J connectivity index is 0. The Morgan fingerprint density at radius 1 is 1.43 bits per heavy atom. The van der Waals surface area contributed by atoms with Crippen molar-refractivity contribution in [1.29, 1.82) is 0 Å². The summed E-state index contributed by atoms with van der Waals surface area (Å²) in [6, 6.07) is 0. The Morgan fingerprint density at radius 3 is 2.00 bits per heavy atom. The smallest absolute Gasteiger partial charge is 0.330 e. The first-order chi connectivity index (χ1) is 6.43. The van der Waals surface area contributed by atoms with Crippen LogP contribution in [-0.4, -0.2) is 29.4 Å². The zero-order chi connectivity index (χ0) is 11.6. The molecule has 0 radical (unpaired) electrons. The van der Waals surface area contributed by atoms with Gasteiger partial charge in [-0.15, -0.1) is 0 Å². The van der Waals surface area contributed by atoms with Gasteiger partial charge in [-0.1, -0.05) is 6.58 Å². The van der Waals surface area contributed by atoms with E-state index in [0.717, 1.165) is 6.08 Å². The number of ether oxygens (including phenoxy) is 1. The van der Waals surface area contributed by atoms with E-state index in [0.29, 0.717) is 6.61 Å². The highest BCUT2D eigenvalue weighted by Gasteiger charge is 1.98. The van der Waals surface area contributed by atoms with Gasteiger partial charge in [0, 0.05) is 6.08 Å². The summed E-state index contributed by atoms with van der Waals surface area (Å²) in [5, 5.41) is 7.86. The highest BCUT2D eigenvalue weighted by Crippen LogP contribution is 1.77. The standard InChI is InChI=1S/C5H8O2.C4H6O3/c1-3-5(6)7-4-2;1-3(5)2-4(6)7/h3H,1,4H2,2H3;2H2,1H3,(H,6,7). The SMILES string of the molecule is C=CC(=O)OCC.CC(=O)CC(=O)O. The lowest BCUT2D eigenvalue weighted by atomic mass is 10.3. The second-order valence-corrected chi connectivity index (χ2v) is 2.23. The minimum atomic E-state index is -1.06. The van der Waals surface area contributed by atoms with E-state index in [4.69, 9.17) is 5.11 Å². The van der Waals surface area contributed by atoms with Crippen molar-refractivity contribution in [2.45, 2.75) is 20.3 Å². The molecule has 0 aliphatic rings. The zero-order valence-electron chi connectivity index (χ0n) is 8.28. The maximum atomic E-state index is 10.1. The van der Waals surface area contributed by atoms with Crippen LogP contribution in [0.3, 0.4) is 0 Å².